The number of aliphatic hydroxyl groups excluding tert-OH is 2. The number of nitro benzene ring substituents is 1. The number of nitro groups is 1. The largest absolute Gasteiger partial charge is 0.459 e. The smallest absolute Gasteiger partial charge is 0.415 e. The van der Waals surface area contributed by atoms with Crippen LogP contribution in [0.5, 0.6) is 17.2 Å². The van der Waals surface area contributed by atoms with Crippen LogP contribution < -0.4 is 19.5 Å². The van der Waals surface area contributed by atoms with Gasteiger partial charge < -0.3 is 49.0 Å². The molecule has 1 saturated heterocycles. The monoisotopic (exact) mass is 820 g/mol. The molecule has 59 heavy (non-hydrogen) atoms. The van der Waals surface area contributed by atoms with Gasteiger partial charge in [-0.15, -0.1) is 6.58 Å². The Morgan fingerprint density at radius 2 is 1.81 bits per heavy atom. The molecule has 0 aromatic heterocycles. The zero-order valence-electron chi connectivity index (χ0n) is 33.8. The van der Waals surface area contributed by atoms with E-state index in [1.807, 2.05) is 6.07 Å². The fourth-order valence-corrected chi connectivity index (χ4v) is 8.93. The predicted octanol–water partition coefficient (Wildman–Crippen LogP) is 6.99. The van der Waals surface area contributed by atoms with Gasteiger partial charge in [0.1, 0.15) is 23.3 Å². The van der Waals surface area contributed by atoms with E-state index in [-0.39, 0.29) is 55.4 Å². The third kappa shape index (κ3) is 9.89. The van der Waals surface area contributed by atoms with Gasteiger partial charge in [-0.25, -0.2) is 9.59 Å². The van der Waals surface area contributed by atoms with Crippen molar-refractivity contribution in [3.05, 3.63) is 82.4 Å². The number of benzene rings is 2. The van der Waals surface area contributed by atoms with Crippen LogP contribution in [-0.4, -0.2) is 96.1 Å². The Kier molecular flexibility index (Phi) is 15.0. The first kappa shape index (κ1) is 43.5. The lowest BCUT2D eigenvalue weighted by Crippen LogP contribution is -2.69. The molecular formula is C43H56N4O12. The molecule has 2 fully saturated rings. The molecule has 0 bridgehead atoms. The molecule has 2 aromatic rings. The maximum atomic E-state index is 14.2. The molecule has 7 unspecified atom stereocenters. The van der Waals surface area contributed by atoms with Gasteiger partial charge in [-0.05, 0) is 93.2 Å². The van der Waals surface area contributed by atoms with E-state index in [4.69, 9.17) is 33.7 Å². The number of nitrogens with zero attached hydrogens (tertiary/aromatic N) is 3. The van der Waals surface area contributed by atoms with E-state index in [0.29, 0.717) is 49.6 Å². The molecule has 0 radical (unpaired) electrons. The number of carbonyl (C=O) groups is 2. The molecule has 4 aliphatic rings. The van der Waals surface area contributed by atoms with Crippen molar-refractivity contribution in [2.24, 2.45) is 22.9 Å². The summed E-state index contributed by atoms with van der Waals surface area (Å²) in [6.07, 6.45) is 8.77. The molecule has 16 nitrogen and oxygen atoms in total. The van der Waals surface area contributed by atoms with Gasteiger partial charge in [-0.3, -0.25) is 10.1 Å². The summed E-state index contributed by atoms with van der Waals surface area (Å²) in [4.78, 5) is 45.2. The summed E-state index contributed by atoms with van der Waals surface area (Å²) in [5.74, 6) is -1.65. The second kappa shape index (κ2) is 20.3. The number of ether oxygens (including phenoxy) is 5. The lowest BCUT2D eigenvalue weighted by molar-refractivity contribution is -0.384. The van der Waals surface area contributed by atoms with E-state index in [0.717, 1.165) is 49.7 Å². The summed E-state index contributed by atoms with van der Waals surface area (Å²) < 4.78 is 31.4. The molecule has 7 atom stereocenters. The van der Waals surface area contributed by atoms with Crippen molar-refractivity contribution < 1.29 is 53.2 Å². The lowest BCUT2D eigenvalue weighted by atomic mass is 9.55. The van der Waals surface area contributed by atoms with Gasteiger partial charge in [-0.1, -0.05) is 30.1 Å². The third-order valence-corrected chi connectivity index (χ3v) is 11.6. The highest BCUT2D eigenvalue weighted by atomic mass is 16.8. The van der Waals surface area contributed by atoms with Crippen LogP contribution in [0.3, 0.4) is 0 Å². The van der Waals surface area contributed by atoms with Crippen LogP contribution in [0.2, 0.25) is 0 Å². The number of non-ortho nitro benzene ring substituents is 1. The minimum absolute atomic E-state index is 0.00924. The van der Waals surface area contributed by atoms with Crippen molar-refractivity contribution >= 4 is 23.6 Å². The molecule has 2 aliphatic carbocycles. The average molecular weight is 821 g/mol. The number of likely N-dealkylation sites (N-methyl/N-ethyl adjacent to an activating group) is 1. The summed E-state index contributed by atoms with van der Waals surface area (Å²) >= 11 is 0. The van der Waals surface area contributed by atoms with Gasteiger partial charge in [0.25, 0.3) is 5.69 Å². The molecule has 0 spiro atoms. The van der Waals surface area contributed by atoms with Crippen LogP contribution in [0, 0.1) is 27.9 Å². The number of amides is 2. The topological polar surface area (TPSA) is 201 Å². The summed E-state index contributed by atoms with van der Waals surface area (Å²) in [6.45, 7) is 6.83. The summed E-state index contributed by atoms with van der Waals surface area (Å²) in [6, 6.07) is 9.60. The van der Waals surface area contributed by atoms with Gasteiger partial charge in [0.15, 0.2) is 0 Å². The van der Waals surface area contributed by atoms with E-state index >= 15 is 0 Å². The average Bonchev–Trinajstić information content (AvgIpc) is 3.23. The first-order chi connectivity index (χ1) is 28.6. The second-order valence-corrected chi connectivity index (χ2v) is 15.3. The molecule has 16 heteroatoms. The maximum absolute atomic E-state index is 14.2. The van der Waals surface area contributed by atoms with Gasteiger partial charge in [0.05, 0.1) is 29.8 Å². The fourth-order valence-electron chi connectivity index (χ4n) is 8.93. The molecule has 2 aromatic carbocycles. The number of oxime groups is 1. The van der Waals surface area contributed by atoms with Crippen LogP contribution in [0.15, 0.2) is 71.9 Å². The Balaban J connectivity index is 1.53. The van der Waals surface area contributed by atoms with Crippen molar-refractivity contribution in [3.63, 3.8) is 0 Å². The van der Waals surface area contributed by atoms with Gasteiger partial charge >= 0.3 is 12.2 Å². The molecule has 6 rings (SSSR count). The number of fused-ring (bicyclic) bond motifs is 2. The van der Waals surface area contributed by atoms with Crippen molar-refractivity contribution in [1.29, 1.82) is 0 Å². The molecule has 2 aliphatic heterocycles. The Hall–Kier alpha value is -5.03. The van der Waals surface area contributed by atoms with E-state index < -0.39 is 41.1 Å². The SMILES string of the molecule is C=CCOC12Oc3ccc(OC(=O)NCC)cc3C3C(CCCCO)C(CCCCO)C=C(C(=NOC4CCCCO4)CC1N(C)C(=O)Oc1ccc([N+](=O)[O-])cc1)C32. The van der Waals surface area contributed by atoms with Crippen molar-refractivity contribution in [3.8, 4) is 17.2 Å². The number of hydrogen-bond donors (Lipinski definition) is 3. The standard InChI is InChI=1S/C43H56N4O12/c1-4-23-55-43-37(46(3)42(51)57-30-17-15-29(16-18-30)47(52)53)27-35(45-59-38-14-8-11-24-54-38)33-25-28(12-6-9-21-48)32(13-7-10-22-49)39(40(33)43)34-26-31(19-20-36(34)58-43)56-41(50)44-5-2/h4,15-20,25-26,28,32,37-40,48-49H,1,5-14,21-24,27H2,2-3H3,(H,44,50). The Morgan fingerprint density at radius 3 is 2.49 bits per heavy atom. The number of allylic oxidation sites excluding steroid dienone is 1. The minimum atomic E-state index is -1.55. The Morgan fingerprint density at radius 1 is 1.07 bits per heavy atom. The predicted molar refractivity (Wildman–Crippen MR) is 216 cm³/mol. The van der Waals surface area contributed by atoms with Crippen molar-refractivity contribution in [2.45, 2.75) is 95.2 Å². The third-order valence-electron chi connectivity index (χ3n) is 11.6. The highest BCUT2D eigenvalue weighted by Crippen LogP contribution is 2.62. The Labute approximate surface area is 344 Å². The first-order valence-electron chi connectivity index (χ1n) is 20.6. The lowest BCUT2D eigenvalue weighted by Gasteiger charge is -2.59. The number of hydrogen-bond acceptors (Lipinski definition) is 13. The maximum Gasteiger partial charge on any atom is 0.415 e. The van der Waals surface area contributed by atoms with Gasteiger partial charge in [-0.2, -0.15) is 0 Å². The molecule has 3 N–H and O–H groups in total. The number of rotatable bonds is 18. The van der Waals surface area contributed by atoms with E-state index in [1.165, 1.54) is 29.2 Å². The first-order valence-corrected chi connectivity index (χ1v) is 20.6. The molecule has 2 heterocycles. The highest BCUT2D eigenvalue weighted by Gasteiger charge is 2.65. The number of nitrogens with one attached hydrogen (secondary N) is 1. The normalized spacial score (nSPS) is 26.3. The van der Waals surface area contributed by atoms with Crippen LogP contribution >= 0.6 is 0 Å². The highest BCUT2D eigenvalue weighted by molar-refractivity contribution is 6.03. The van der Waals surface area contributed by atoms with Crippen LogP contribution in [-0.2, 0) is 14.3 Å². The molecule has 2 amide bonds. The summed E-state index contributed by atoms with van der Waals surface area (Å²) in [5.41, 5.74) is 2.05. The van der Waals surface area contributed by atoms with E-state index in [9.17, 15) is 29.9 Å². The van der Waals surface area contributed by atoms with Gasteiger partial charge in [0.2, 0.25) is 12.1 Å². The molecule has 320 valence electrons. The van der Waals surface area contributed by atoms with Crippen molar-refractivity contribution in [1.82, 2.24) is 10.2 Å². The fraction of sp³-hybridized carbons (Fsp3) is 0.558. The number of aliphatic hydroxyl groups is 2. The number of unbranched alkanes of at least 4 members (excludes halogenated alkanes) is 2. The zero-order valence-corrected chi connectivity index (χ0v) is 33.8. The zero-order chi connectivity index (χ0) is 41.9. The number of carbonyl (C=O) groups excluding carboxylic acids is 2. The molecule has 1 saturated carbocycles. The molecular weight excluding hydrogens is 764 g/mol. The van der Waals surface area contributed by atoms with Crippen LogP contribution in [0.25, 0.3) is 0 Å². The van der Waals surface area contributed by atoms with Gasteiger partial charge in [0, 0.05) is 63.3 Å². The van der Waals surface area contributed by atoms with E-state index in [1.54, 1.807) is 32.2 Å². The van der Waals surface area contributed by atoms with Crippen LogP contribution in [0.1, 0.15) is 82.6 Å². The minimum Gasteiger partial charge on any atom is -0.459 e. The quantitative estimate of drug-likeness (QED) is 0.0603. The van der Waals surface area contributed by atoms with E-state index in [2.05, 4.69) is 18.0 Å². The van der Waals surface area contributed by atoms with Crippen LogP contribution in [0.4, 0.5) is 15.3 Å². The summed E-state index contributed by atoms with van der Waals surface area (Å²) in [7, 11) is 1.59. The Bertz CT molecular complexity index is 1850. The summed E-state index contributed by atoms with van der Waals surface area (Å²) in [5, 5.41) is 38.5. The second-order valence-electron chi connectivity index (χ2n) is 15.3. The van der Waals surface area contributed by atoms with Crippen molar-refractivity contribution in [2.75, 3.05) is 40.0 Å².